The van der Waals surface area contributed by atoms with Crippen LogP contribution in [0.1, 0.15) is 42.5 Å². The third-order valence-electron chi connectivity index (χ3n) is 4.90. The first-order chi connectivity index (χ1) is 10.3. The third kappa shape index (κ3) is 2.13. The van der Waals surface area contributed by atoms with Gasteiger partial charge >= 0.3 is 0 Å². The zero-order valence-electron chi connectivity index (χ0n) is 12.3. The molecule has 0 aromatic heterocycles. The summed E-state index contributed by atoms with van der Waals surface area (Å²) in [7, 11) is 0. The minimum Gasteiger partial charge on any atom is -0.311 e. The van der Waals surface area contributed by atoms with E-state index < -0.39 is 0 Å². The summed E-state index contributed by atoms with van der Waals surface area (Å²) in [4.78, 5) is 21.3. The first kappa shape index (κ1) is 12.9. The summed E-state index contributed by atoms with van der Waals surface area (Å²) in [5, 5.41) is 0. The fraction of sp³-hybridized carbons (Fsp3) is 0.529. The maximum atomic E-state index is 12.6. The highest BCUT2D eigenvalue weighted by molar-refractivity contribution is 6.19. The predicted octanol–water partition coefficient (Wildman–Crippen LogP) is 2.90. The molecule has 0 bridgehead atoms. The van der Waals surface area contributed by atoms with Crippen molar-refractivity contribution >= 4 is 17.6 Å². The van der Waals surface area contributed by atoms with Crippen LogP contribution in [0, 0.1) is 5.92 Å². The van der Waals surface area contributed by atoms with Gasteiger partial charge in [-0.15, -0.1) is 0 Å². The van der Waals surface area contributed by atoms with Gasteiger partial charge in [0, 0.05) is 13.1 Å². The number of fused-ring (bicyclic) bond motifs is 2. The molecule has 1 saturated carbocycles. The lowest BCUT2D eigenvalue weighted by Gasteiger charge is -2.38. The Hall–Kier alpha value is -1.84. The minimum absolute atomic E-state index is 0.113. The highest BCUT2D eigenvalue weighted by Crippen LogP contribution is 2.33. The van der Waals surface area contributed by atoms with Crippen LogP contribution in [0.25, 0.3) is 0 Å². The van der Waals surface area contributed by atoms with Crippen molar-refractivity contribution < 1.29 is 4.79 Å². The van der Waals surface area contributed by atoms with E-state index in [0.717, 1.165) is 42.8 Å². The number of hydrogen-bond donors (Lipinski definition) is 0. The minimum atomic E-state index is 0.113. The third-order valence-corrected chi connectivity index (χ3v) is 4.90. The van der Waals surface area contributed by atoms with E-state index in [1.54, 1.807) is 0 Å². The SMILES string of the molecule is O=C1c2ccccc2N(CC2CCCCC2)C2=NCCN12. The molecule has 1 aromatic carbocycles. The van der Waals surface area contributed by atoms with Crippen molar-refractivity contribution in [1.29, 1.82) is 0 Å². The van der Waals surface area contributed by atoms with E-state index in [1.165, 1.54) is 32.1 Å². The van der Waals surface area contributed by atoms with E-state index in [2.05, 4.69) is 16.0 Å². The lowest BCUT2D eigenvalue weighted by molar-refractivity contribution is 0.0851. The van der Waals surface area contributed by atoms with Gasteiger partial charge in [0.25, 0.3) is 5.91 Å². The summed E-state index contributed by atoms with van der Waals surface area (Å²) in [5.41, 5.74) is 1.87. The largest absolute Gasteiger partial charge is 0.311 e. The number of anilines is 1. The van der Waals surface area contributed by atoms with Gasteiger partial charge in [-0.2, -0.15) is 0 Å². The molecule has 1 fully saturated rings. The Morgan fingerprint density at radius 2 is 1.95 bits per heavy atom. The molecule has 110 valence electrons. The lowest BCUT2D eigenvalue weighted by atomic mass is 9.88. The second-order valence-electron chi connectivity index (χ2n) is 6.27. The van der Waals surface area contributed by atoms with Crippen molar-refractivity contribution in [2.24, 2.45) is 10.9 Å². The number of para-hydroxylation sites is 1. The number of carbonyl (C=O) groups is 1. The molecule has 0 N–H and O–H groups in total. The number of hydrogen-bond acceptors (Lipinski definition) is 3. The molecule has 0 spiro atoms. The van der Waals surface area contributed by atoms with Crippen LogP contribution >= 0.6 is 0 Å². The van der Waals surface area contributed by atoms with Gasteiger partial charge in [0.2, 0.25) is 5.96 Å². The summed E-state index contributed by atoms with van der Waals surface area (Å²) < 4.78 is 0. The van der Waals surface area contributed by atoms with Gasteiger partial charge in [0.05, 0.1) is 17.8 Å². The van der Waals surface area contributed by atoms with Gasteiger partial charge in [-0.25, -0.2) is 0 Å². The van der Waals surface area contributed by atoms with Gasteiger partial charge in [0.15, 0.2) is 0 Å². The van der Waals surface area contributed by atoms with Crippen LogP contribution in [0.5, 0.6) is 0 Å². The molecule has 4 nitrogen and oxygen atoms in total. The second-order valence-corrected chi connectivity index (χ2v) is 6.27. The van der Waals surface area contributed by atoms with E-state index in [9.17, 15) is 4.79 Å². The highest BCUT2D eigenvalue weighted by atomic mass is 16.2. The Labute approximate surface area is 125 Å². The zero-order chi connectivity index (χ0) is 14.2. The van der Waals surface area contributed by atoms with E-state index in [1.807, 2.05) is 23.1 Å². The molecule has 1 aromatic rings. The first-order valence-electron chi connectivity index (χ1n) is 8.07. The zero-order valence-corrected chi connectivity index (χ0v) is 12.3. The fourth-order valence-electron chi connectivity index (χ4n) is 3.81. The molecule has 21 heavy (non-hydrogen) atoms. The lowest BCUT2D eigenvalue weighted by Crippen LogP contribution is -2.51. The Morgan fingerprint density at radius 1 is 1.14 bits per heavy atom. The smallest absolute Gasteiger partial charge is 0.262 e. The number of aliphatic imine (C=N–C) groups is 1. The molecule has 0 saturated heterocycles. The standard InChI is InChI=1S/C17H21N3O/c21-16-14-8-4-5-9-15(14)20(17-18-10-11-19(16)17)12-13-6-2-1-3-7-13/h4-5,8-9,13H,1-3,6-7,10-12H2. The van der Waals surface area contributed by atoms with Crippen LogP contribution in [0.4, 0.5) is 5.69 Å². The summed E-state index contributed by atoms with van der Waals surface area (Å²) in [6.45, 7) is 2.46. The predicted molar refractivity (Wildman–Crippen MR) is 83.7 cm³/mol. The Bertz CT molecular complexity index is 589. The van der Waals surface area contributed by atoms with Gasteiger partial charge in [-0.3, -0.25) is 14.7 Å². The average molecular weight is 283 g/mol. The maximum absolute atomic E-state index is 12.6. The average Bonchev–Trinajstić information content (AvgIpc) is 3.02. The van der Waals surface area contributed by atoms with E-state index in [0.29, 0.717) is 0 Å². The Kier molecular flexibility index (Phi) is 3.17. The van der Waals surface area contributed by atoms with Crippen molar-refractivity contribution in [3.8, 4) is 0 Å². The van der Waals surface area contributed by atoms with Crippen molar-refractivity contribution in [2.75, 3.05) is 24.5 Å². The number of amides is 1. The van der Waals surface area contributed by atoms with Crippen molar-refractivity contribution in [2.45, 2.75) is 32.1 Å². The first-order valence-corrected chi connectivity index (χ1v) is 8.07. The fourth-order valence-corrected chi connectivity index (χ4v) is 3.81. The van der Waals surface area contributed by atoms with E-state index in [4.69, 9.17) is 0 Å². The molecule has 0 unspecified atom stereocenters. The molecule has 4 rings (SSSR count). The molecule has 2 heterocycles. The van der Waals surface area contributed by atoms with E-state index >= 15 is 0 Å². The normalized spacial score (nSPS) is 22.1. The van der Waals surface area contributed by atoms with Gasteiger partial charge in [-0.1, -0.05) is 31.4 Å². The summed E-state index contributed by atoms with van der Waals surface area (Å²) in [6, 6.07) is 7.98. The monoisotopic (exact) mass is 283 g/mol. The molecule has 3 aliphatic rings. The van der Waals surface area contributed by atoms with Gasteiger partial charge < -0.3 is 4.90 Å². The molecule has 2 aliphatic heterocycles. The molecule has 1 amide bonds. The van der Waals surface area contributed by atoms with Crippen LogP contribution in [0.15, 0.2) is 29.3 Å². The molecule has 1 aliphatic carbocycles. The van der Waals surface area contributed by atoms with E-state index in [-0.39, 0.29) is 5.91 Å². The maximum Gasteiger partial charge on any atom is 0.262 e. The Balaban J connectivity index is 1.69. The van der Waals surface area contributed by atoms with Gasteiger partial charge in [-0.05, 0) is 30.9 Å². The second kappa shape index (κ2) is 5.17. The molecule has 0 radical (unpaired) electrons. The van der Waals surface area contributed by atoms with Crippen LogP contribution in [-0.2, 0) is 0 Å². The van der Waals surface area contributed by atoms with Crippen LogP contribution in [0.3, 0.4) is 0 Å². The topological polar surface area (TPSA) is 35.9 Å². The van der Waals surface area contributed by atoms with Crippen LogP contribution < -0.4 is 4.90 Å². The van der Waals surface area contributed by atoms with Crippen LogP contribution in [-0.4, -0.2) is 36.4 Å². The highest BCUT2D eigenvalue weighted by Gasteiger charge is 2.37. The molecule has 0 atom stereocenters. The number of rotatable bonds is 2. The number of benzene rings is 1. The number of carbonyl (C=O) groups excluding carboxylic acids is 1. The quantitative estimate of drug-likeness (QED) is 0.836. The molecular formula is C17H21N3O. The molecular weight excluding hydrogens is 262 g/mol. The van der Waals surface area contributed by atoms with Crippen molar-refractivity contribution in [1.82, 2.24) is 4.90 Å². The van der Waals surface area contributed by atoms with Crippen molar-refractivity contribution in [3.05, 3.63) is 29.8 Å². The van der Waals surface area contributed by atoms with Crippen molar-refractivity contribution in [3.63, 3.8) is 0 Å². The molecule has 4 heteroatoms. The number of nitrogens with zero attached hydrogens (tertiary/aromatic N) is 3. The summed E-state index contributed by atoms with van der Waals surface area (Å²) in [5.74, 6) is 1.72. The van der Waals surface area contributed by atoms with Crippen LogP contribution in [0.2, 0.25) is 0 Å². The summed E-state index contributed by atoms with van der Waals surface area (Å²) in [6.07, 6.45) is 6.67. The number of guanidine groups is 1. The Morgan fingerprint density at radius 3 is 2.81 bits per heavy atom. The summed E-state index contributed by atoms with van der Waals surface area (Å²) >= 11 is 0. The van der Waals surface area contributed by atoms with Gasteiger partial charge in [0.1, 0.15) is 0 Å².